The van der Waals surface area contributed by atoms with Crippen molar-refractivity contribution >= 4 is 32.6 Å². The van der Waals surface area contributed by atoms with Crippen molar-refractivity contribution in [2.45, 2.75) is 19.3 Å². The molecule has 264 valence electrons. The third kappa shape index (κ3) is 5.05. The van der Waals surface area contributed by atoms with Gasteiger partial charge in [-0.05, 0) is 86.6 Å². The van der Waals surface area contributed by atoms with Crippen LogP contribution in [-0.2, 0) is 5.41 Å². The Balaban J connectivity index is 1.19. The van der Waals surface area contributed by atoms with E-state index < -0.39 is 0 Å². The third-order valence-corrected chi connectivity index (χ3v) is 11.8. The number of para-hydroxylation sites is 2. The zero-order valence-corrected chi connectivity index (χ0v) is 31.2. The highest BCUT2D eigenvalue weighted by atomic mass is 15.0. The van der Waals surface area contributed by atoms with Gasteiger partial charge in [-0.25, -0.2) is 9.97 Å². The summed E-state index contributed by atoms with van der Waals surface area (Å²) in [5.74, 6) is 0.701. The SMILES string of the molecule is CC1(C)c2ccccc2-c2ccc(-c3cc(-c4cc(-c5cccc6ccccc56)nc(-c5ccccc5)n4)cc(-n4c5ccccc5c5ccccc54)c3)cc21. The van der Waals surface area contributed by atoms with Gasteiger partial charge >= 0.3 is 0 Å². The maximum atomic E-state index is 5.35. The van der Waals surface area contributed by atoms with Gasteiger partial charge in [0, 0.05) is 38.6 Å². The number of rotatable bonds is 5. The summed E-state index contributed by atoms with van der Waals surface area (Å²) in [5.41, 5.74) is 15.9. The van der Waals surface area contributed by atoms with Crippen molar-refractivity contribution in [1.29, 1.82) is 0 Å². The molecule has 0 aliphatic heterocycles. The van der Waals surface area contributed by atoms with E-state index in [4.69, 9.17) is 9.97 Å². The molecule has 0 atom stereocenters. The molecule has 0 fully saturated rings. The van der Waals surface area contributed by atoms with Gasteiger partial charge in [0.15, 0.2) is 5.82 Å². The summed E-state index contributed by atoms with van der Waals surface area (Å²) in [6.07, 6.45) is 0. The molecule has 10 aromatic rings. The lowest BCUT2D eigenvalue weighted by molar-refractivity contribution is 0.660. The summed E-state index contributed by atoms with van der Waals surface area (Å²) in [4.78, 5) is 10.6. The maximum absolute atomic E-state index is 5.35. The van der Waals surface area contributed by atoms with Crippen molar-refractivity contribution in [2.24, 2.45) is 0 Å². The van der Waals surface area contributed by atoms with Crippen LogP contribution in [0.15, 0.2) is 188 Å². The summed E-state index contributed by atoms with van der Waals surface area (Å²) in [5, 5.41) is 4.82. The van der Waals surface area contributed by atoms with Crippen LogP contribution >= 0.6 is 0 Å². The Morgan fingerprint density at radius 3 is 1.80 bits per heavy atom. The van der Waals surface area contributed by atoms with Gasteiger partial charge < -0.3 is 4.57 Å². The summed E-state index contributed by atoms with van der Waals surface area (Å²) in [6.45, 7) is 4.70. The number of hydrogen-bond acceptors (Lipinski definition) is 2. The molecule has 56 heavy (non-hydrogen) atoms. The lowest BCUT2D eigenvalue weighted by atomic mass is 9.81. The van der Waals surface area contributed by atoms with Crippen molar-refractivity contribution in [3.05, 3.63) is 199 Å². The number of hydrogen-bond donors (Lipinski definition) is 0. The van der Waals surface area contributed by atoms with E-state index in [1.165, 1.54) is 60.4 Å². The zero-order chi connectivity index (χ0) is 37.4. The molecule has 0 saturated carbocycles. The predicted molar refractivity (Wildman–Crippen MR) is 233 cm³/mol. The second kappa shape index (κ2) is 12.5. The first-order valence-electron chi connectivity index (χ1n) is 19.3. The monoisotopic (exact) mass is 715 g/mol. The Morgan fingerprint density at radius 2 is 1.00 bits per heavy atom. The molecular weight excluding hydrogens is 679 g/mol. The Bertz CT molecular complexity index is 3110. The highest BCUT2D eigenvalue weighted by Crippen LogP contribution is 2.50. The molecule has 0 saturated heterocycles. The minimum Gasteiger partial charge on any atom is -0.309 e. The highest BCUT2D eigenvalue weighted by Gasteiger charge is 2.35. The fourth-order valence-electron chi connectivity index (χ4n) is 9.04. The first-order chi connectivity index (χ1) is 27.5. The minimum absolute atomic E-state index is 0.111. The lowest BCUT2D eigenvalue weighted by Crippen LogP contribution is -2.14. The molecule has 3 nitrogen and oxygen atoms in total. The van der Waals surface area contributed by atoms with E-state index in [1.807, 2.05) is 6.07 Å². The van der Waals surface area contributed by atoms with Crippen LogP contribution in [-0.4, -0.2) is 14.5 Å². The molecule has 11 rings (SSSR count). The number of fused-ring (bicyclic) bond motifs is 7. The average Bonchev–Trinajstić information content (AvgIpc) is 3.71. The van der Waals surface area contributed by atoms with Crippen LogP contribution in [0, 0.1) is 0 Å². The van der Waals surface area contributed by atoms with E-state index in [0.717, 1.165) is 39.3 Å². The molecule has 2 heterocycles. The van der Waals surface area contributed by atoms with Gasteiger partial charge in [-0.15, -0.1) is 0 Å². The number of nitrogens with zero attached hydrogens (tertiary/aromatic N) is 3. The van der Waals surface area contributed by atoms with Crippen LogP contribution in [0.25, 0.3) is 94.4 Å². The van der Waals surface area contributed by atoms with Crippen molar-refractivity contribution in [2.75, 3.05) is 0 Å². The first kappa shape index (κ1) is 32.3. The number of aromatic nitrogens is 3. The quantitative estimate of drug-likeness (QED) is 0.178. The van der Waals surface area contributed by atoms with Gasteiger partial charge in [0.2, 0.25) is 0 Å². The molecule has 3 heteroatoms. The van der Waals surface area contributed by atoms with Crippen LogP contribution in [0.1, 0.15) is 25.0 Å². The first-order valence-corrected chi connectivity index (χ1v) is 19.3. The van der Waals surface area contributed by atoms with Gasteiger partial charge in [0.25, 0.3) is 0 Å². The molecule has 0 radical (unpaired) electrons. The van der Waals surface area contributed by atoms with Gasteiger partial charge in [0.05, 0.1) is 22.4 Å². The van der Waals surface area contributed by atoms with Crippen LogP contribution in [0.3, 0.4) is 0 Å². The Labute approximate surface area is 326 Å². The Morgan fingerprint density at radius 1 is 0.393 bits per heavy atom. The van der Waals surface area contributed by atoms with E-state index in [0.29, 0.717) is 5.82 Å². The minimum atomic E-state index is -0.111. The average molecular weight is 716 g/mol. The van der Waals surface area contributed by atoms with Crippen LogP contribution in [0.2, 0.25) is 0 Å². The topological polar surface area (TPSA) is 30.7 Å². The van der Waals surface area contributed by atoms with Crippen molar-refractivity contribution in [3.8, 4) is 61.8 Å². The molecular formula is C53H37N3. The second-order valence-electron chi connectivity index (χ2n) is 15.4. The number of benzene rings is 8. The van der Waals surface area contributed by atoms with Crippen molar-refractivity contribution < 1.29 is 0 Å². The second-order valence-corrected chi connectivity index (χ2v) is 15.4. The molecule has 0 amide bonds. The summed E-state index contributed by atoms with van der Waals surface area (Å²) in [7, 11) is 0. The van der Waals surface area contributed by atoms with E-state index in [2.05, 4.69) is 200 Å². The largest absolute Gasteiger partial charge is 0.309 e. The van der Waals surface area contributed by atoms with Gasteiger partial charge in [-0.3, -0.25) is 0 Å². The summed E-state index contributed by atoms with van der Waals surface area (Å²) in [6, 6.07) is 67.8. The molecule has 1 aliphatic carbocycles. The van der Waals surface area contributed by atoms with E-state index in [1.54, 1.807) is 0 Å². The summed E-state index contributed by atoms with van der Waals surface area (Å²) >= 11 is 0. The van der Waals surface area contributed by atoms with Crippen molar-refractivity contribution in [3.63, 3.8) is 0 Å². The fourth-order valence-corrected chi connectivity index (χ4v) is 9.04. The normalized spacial score (nSPS) is 13.0. The highest BCUT2D eigenvalue weighted by molar-refractivity contribution is 6.09. The van der Waals surface area contributed by atoms with Crippen LogP contribution in [0.4, 0.5) is 0 Å². The van der Waals surface area contributed by atoms with Gasteiger partial charge in [-0.1, -0.05) is 159 Å². The van der Waals surface area contributed by atoms with Crippen molar-refractivity contribution in [1.82, 2.24) is 14.5 Å². The van der Waals surface area contributed by atoms with E-state index >= 15 is 0 Å². The van der Waals surface area contributed by atoms with E-state index in [-0.39, 0.29) is 5.41 Å². The fraction of sp³-hybridized carbons (Fsp3) is 0.0566. The smallest absolute Gasteiger partial charge is 0.160 e. The molecule has 0 unspecified atom stereocenters. The molecule has 0 N–H and O–H groups in total. The maximum Gasteiger partial charge on any atom is 0.160 e. The van der Waals surface area contributed by atoms with Gasteiger partial charge in [-0.2, -0.15) is 0 Å². The molecule has 0 spiro atoms. The van der Waals surface area contributed by atoms with Gasteiger partial charge in [0.1, 0.15) is 0 Å². The Kier molecular flexibility index (Phi) is 7.20. The molecule has 8 aromatic carbocycles. The standard InChI is InChI=1S/C53H37N3/c1-53(2)46-24-11-8-20-41(46)42-28-27-36(32-47(42)53)37-29-38(31-39(30-37)56-50-25-12-9-21-44(50)45-22-10-13-26-51(45)56)48-33-49(55-52(54-48)35-16-4-3-5-17-35)43-23-14-18-34-15-6-7-19-40(34)43/h3-33H,1-2H3. The van der Waals surface area contributed by atoms with Crippen LogP contribution in [0.5, 0.6) is 0 Å². The molecule has 0 bridgehead atoms. The zero-order valence-electron chi connectivity index (χ0n) is 31.2. The Hall–Kier alpha value is -7.10. The third-order valence-electron chi connectivity index (χ3n) is 11.8. The van der Waals surface area contributed by atoms with Crippen LogP contribution < -0.4 is 0 Å². The lowest BCUT2D eigenvalue weighted by Gasteiger charge is -2.22. The molecule has 1 aliphatic rings. The van der Waals surface area contributed by atoms with E-state index in [9.17, 15) is 0 Å². The summed E-state index contributed by atoms with van der Waals surface area (Å²) < 4.78 is 2.41. The predicted octanol–water partition coefficient (Wildman–Crippen LogP) is 13.7. The molecule has 2 aromatic heterocycles.